The lowest BCUT2D eigenvalue weighted by atomic mass is 10.1. The predicted molar refractivity (Wildman–Crippen MR) is 99.9 cm³/mol. The van der Waals surface area contributed by atoms with Gasteiger partial charge in [0.2, 0.25) is 0 Å². The zero-order chi connectivity index (χ0) is 16.1. The smallest absolute Gasteiger partial charge is 0.136 e. The molecule has 1 aliphatic heterocycles. The highest BCUT2D eigenvalue weighted by atomic mass is 35.5. The molecule has 1 aromatic heterocycles. The van der Waals surface area contributed by atoms with E-state index in [0.717, 1.165) is 39.4 Å². The molecule has 0 radical (unpaired) electrons. The van der Waals surface area contributed by atoms with Gasteiger partial charge < -0.3 is 4.90 Å². The average Bonchev–Trinajstić information content (AvgIpc) is 3.03. The van der Waals surface area contributed by atoms with E-state index in [1.807, 2.05) is 35.1 Å². The van der Waals surface area contributed by atoms with Gasteiger partial charge in [-0.15, -0.1) is 5.10 Å². The number of rotatable bonds is 4. The van der Waals surface area contributed by atoms with E-state index in [2.05, 4.69) is 15.2 Å². The van der Waals surface area contributed by atoms with Crippen LogP contribution in [0.4, 0.5) is 0 Å². The summed E-state index contributed by atoms with van der Waals surface area (Å²) in [5, 5.41) is 9.17. The molecule has 0 spiro atoms. The fraction of sp³-hybridized carbons (Fsp3) is 0.438. The lowest BCUT2D eigenvalue weighted by Crippen LogP contribution is -2.32. The van der Waals surface area contributed by atoms with Crippen molar-refractivity contribution in [2.24, 2.45) is 0 Å². The van der Waals surface area contributed by atoms with Gasteiger partial charge in [-0.25, -0.2) is 4.68 Å². The van der Waals surface area contributed by atoms with Crippen LogP contribution in [0.1, 0.15) is 30.5 Å². The first-order valence-electron chi connectivity index (χ1n) is 7.76. The van der Waals surface area contributed by atoms with Gasteiger partial charge in [0.1, 0.15) is 4.32 Å². The minimum atomic E-state index is 0.700. The minimum absolute atomic E-state index is 0.700. The molecule has 1 aliphatic rings. The third-order valence-electron chi connectivity index (χ3n) is 3.80. The molecule has 3 rings (SSSR count). The highest BCUT2D eigenvalue weighted by molar-refractivity contribution is 8.22. The zero-order valence-corrected chi connectivity index (χ0v) is 15.2. The summed E-state index contributed by atoms with van der Waals surface area (Å²) < 4.78 is 2.83. The summed E-state index contributed by atoms with van der Waals surface area (Å²) in [6.45, 7) is 2.88. The highest BCUT2D eigenvalue weighted by Gasteiger charge is 2.14. The number of hydrogen-bond acceptors (Lipinski definition) is 4. The van der Waals surface area contributed by atoms with Gasteiger partial charge in [-0.1, -0.05) is 52.9 Å². The van der Waals surface area contributed by atoms with Gasteiger partial charge in [0.15, 0.2) is 0 Å². The van der Waals surface area contributed by atoms with Crippen molar-refractivity contribution in [1.29, 1.82) is 0 Å². The summed E-state index contributed by atoms with van der Waals surface area (Å²) in [4.78, 5) is 2.31. The number of hydrogen-bond donors (Lipinski definition) is 0. The molecule has 4 nitrogen and oxygen atoms in total. The van der Waals surface area contributed by atoms with E-state index in [1.54, 1.807) is 11.8 Å². The van der Waals surface area contributed by atoms with Gasteiger partial charge in [0, 0.05) is 30.1 Å². The average molecular weight is 367 g/mol. The Morgan fingerprint density at radius 1 is 1.17 bits per heavy atom. The lowest BCUT2D eigenvalue weighted by Gasteiger charge is -2.28. The molecule has 1 aromatic carbocycles. The van der Waals surface area contributed by atoms with E-state index < -0.39 is 0 Å². The van der Waals surface area contributed by atoms with Crippen molar-refractivity contribution in [3.63, 3.8) is 0 Å². The molecule has 0 N–H and O–H groups in total. The lowest BCUT2D eigenvalue weighted by molar-refractivity contribution is 0.352. The number of likely N-dealkylation sites (tertiary alicyclic amines) is 1. The molecule has 0 bridgehead atoms. The van der Waals surface area contributed by atoms with Crippen LogP contribution in [0.2, 0.25) is 5.02 Å². The maximum atomic E-state index is 5.90. The van der Waals surface area contributed by atoms with Crippen LogP contribution in [0, 0.1) is 0 Å². The summed E-state index contributed by atoms with van der Waals surface area (Å²) in [7, 11) is 0. The Balaban J connectivity index is 1.50. The molecule has 2 aromatic rings. The van der Waals surface area contributed by atoms with Gasteiger partial charge in [0.05, 0.1) is 12.2 Å². The van der Waals surface area contributed by atoms with Crippen LogP contribution in [0.5, 0.6) is 0 Å². The molecule has 0 unspecified atom stereocenters. The van der Waals surface area contributed by atoms with Crippen molar-refractivity contribution in [2.45, 2.75) is 31.6 Å². The molecular weight excluding hydrogens is 348 g/mol. The van der Waals surface area contributed by atoms with E-state index >= 15 is 0 Å². The van der Waals surface area contributed by atoms with Crippen molar-refractivity contribution in [3.8, 4) is 0 Å². The van der Waals surface area contributed by atoms with Gasteiger partial charge in [-0.05, 0) is 37.0 Å². The molecule has 7 heteroatoms. The second-order valence-electron chi connectivity index (χ2n) is 5.64. The molecule has 1 saturated heterocycles. The summed E-state index contributed by atoms with van der Waals surface area (Å²) >= 11 is 13.1. The largest absolute Gasteiger partial charge is 0.358 e. The number of nitrogens with zero attached hydrogens (tertiary/aromatic N) is 4. The van der Waals surface area contributed by atoms with Crippen LogP contribution in [0.3, 0.4) is 0 Å². The Hall–Kier alpha value is -1.11. The Morgan fingerprint density at radius 3 is 2.65 bits per heavy atom. The fourth-order valence-electron chi connectivity index (χ4n) is 2.56. The number of halogens is 1. The van der Waals surface area contributed by atoms with Gasteiger partial charge >= 0.3 is 0 Å². The highest BCUT2D eigenvalue weighted by Crippen LogP contribution is 2.19. The standard InChI is InChI=1S/C16H19ClN4S2/c17-14-6-4-13(5-7-14)10-21-11-15(18-19-21)12-23-16(22)20-8-2-1-3-9-20/h4-7,11H,1-3,8-10,12H2. The van der Waals surface area contributed by atoms with Crippen molar-refractivity contribution < 1.29 is 0 Å². The van der Waals surface area contributed by atoms with E-state index in [-0.39, 0.29) is 0 Å². The van der Waals surface area contributed by atoms with Gasteiger partial charge in [-0.3, -0.25) is 0 Å². The summed E-state index contributed by atoms with van der Waals surface area (Å²) in [5.74, 6) is 0.774. The quantitative estimate of drug-likeness (QED) is 0.764. The molecule has 1 fully saturated rings. The number of thioether (sulfide) groups is 1. The summed E-state index contributed by atoms with van der Waals surface area (Å²) in [6.07, 6.45) is 5.80. The third-order valence-corrected chi connectivity index (χ3v) is 5.61. The predicted octanol–water partition coefficient (Wildman–Crippen LogP) is 3.98. The second kappa shape index (κ2) is 8.13. The maximum absolute atomic E-state index is 5.90. The first-order chi connectivity index (χ1) is 11.2. The van der Waals surface area contributed by atoms with Crippen LogP contribution >= 0.6 is 35.6 Å². The Morgan fingerprint density at radius 2 is 1.91 bits per heavy atom. The number of piperidine rings is 1. The number of aromatic nitrogens is 3. The third kappa shape index (κ3) is 4.93. The zero-order valence-electron chi connectivity index (χ0n) is 12.8. The Labute approximate surface area is 151 Å². The summed E-state index contributed by atoms with van der Waals surface area (Å²) in [6, 6.07) is 7.79. The second-order valence-corrected chi connectivity index (χ2v) is 7.68. The van der Waals surface area contributed by atoms with Gasteiger partial charge in [-0.2, -0.15) is 0 Å². The van der Waals surface area contributed by atoms with Crippen LogP contribution in [0.25, 0.3) is 0 Å². The van der Waals surface area contributed by atoms with E-state index in [9.17, 15) is 0 Å². The van der Waals surface area contributed by atoms with Crippen molar-refractivity contribution in [1.82, 2.24) is 19.9 Å². The van der Waals surface area contributed by atoms with Gasteiger partial charge in [0.25, 0.3) is 0 Å². The Bertz CT molecular complexity index is 650. The number of thiocarbonyl (C=S) groups is 1. The molecule has 0 amide bonds. The van der Waals surface area contributed by atoms with E-state index in [1.165, 1.54) is 19.3 Å². The van der Waals surface area contributed by atoms with E-state index in [4.69, 9.17) is 23.8 Å². The molecule has 0 atom stereocenters. The van der Waals surface area contributed by atoms with Crippen molar-refractivity contribution in [3.05, 3.63) is 46.7 Å². The van der Waals surface area contributed by atoms with Crippen LogP contribution in [0.15, 0.2) is 30.5 Å². The number of benzene rings is 1. The normalized spacial score (nSPS) is 14.9. The first kappa shape index (κ1) is 16.7. The summed E-state index contributed by atoms with van der Waals surface area (Å²) in [5.41, 5.74) is 2.12. The molecule has 23 heavy (non-hydrogen) atoms. The molecule has 122 valence electrons. The first-order valence-corrected chi connectivity index (χ1v) is 9.53. The van der Waals surface area contributed by atoms with Crippen LogP contribution in [-0.4, -0.2) is 37.3 Å². The molecule has 2 heterocycles. The van der Waals surface area contributed by atoms with Crippen molar-refractivity contribution in [2.75, 3.05) is 13.1 Å². The van der Waals surface area contributed by atoms with Crippen LogP contribution in [-0.2, 0) is 12.3 Å². The molecule has 0 saturated carbocycles. The van der Waals surface area contributed by atoms with Crippen molar-refractivity contribution >= 4 is 39.9 Å². The molecule has 0 aliphatic carbocycles. The monoisotopic (exact) mass is 366 g/mol. The minimum Gasteiger partial charge on any atom is -0.358 e. The Kier molecular flexibility index (Phi) is 5.91. The van der Waals surface area contributed by atoms with E-state index in [0.29, 0.717) is 6.54 Å². The molecular formula is C16H19ClN4S2. The maximum Gasteiger partial charge on any atom is 0.136 e. The van der Waals surface area contributed by atoms with Crippen LogP contribution < -0.4 is 0 Å². The topological polar surface area (TPSA) is 34.0 Å². The fourth-order valence-corrected chi connectivity index (χ4v) is 3.82. The SMILES string of the molecule is S=C(SCc1cn(Cc2ccc(Cl)cc2)nn1)N1CCCCC1.